The number of benzene rings is 3. The molecule has 5 rings (SSSR count). The average Bonchev–Trinajstić information content (AvgIpc) is 3.39. The number of cyclic esters (lactones) is 1. The molecule has 2 fully saturated rings. The van der Waals surface area contributed by atoms with Crippen molar-refractivity contribution in [1.82, 2.24) is 36.4 Å². The Morgan fingerprint density at radius 1 is 0.753 bits per heavy atom. The van der Waals surface area contributed by atoms with E-state index in [1.807, 2.05) is 0 Å². The molecule has 3 aromatic carbocycles. The van der Waals surface area contributed by atoms with E-state index in [1.165, 1.54) is 69.6 Å². The van der Waals surface area contributed by atoms with Crippen LogP contribution in [0, 0.1) is 11.8 Å². The first-order chi connectivity index (χ1) is 36.4. The number of carbonyl (C=O) groups is 9. The lowest BCUT2D eigenvalue weighted by atomic mass is 9.95. The number of aromatic hydroxyl groups is 2. The number of carboxylic acid groups (broad SMARTS) is 1. The Labute approximate surface area is 446 Å². The zero-order chi connectivity index (χ0) is 56.8. The van der Waals surface area contributed by atoms with Gasteiger partial charge in [0.05, 0.1) is 7.11 Å². The summed E-state index contributed by atoms with van der Waals surface area (Å²) in [5.74, 6) is -10.4. The van der Waals surface area contributed by atoms with Gasteiger partial charge in [0.25, 0.3) is 0 Å². The number of hydrogen-bond donors (Lipinski definition) is 10. The summed E-state index contributed by atoms with van der Waals surface area (Å²) in [6, 6.07) is 6.76. The lowest BCUT2D eigenvalue weighted by Gasteiger charge is -2.43. The molecule has 10 N–H and O–H groups in total. The van der Waals surface area contributed by atoms with Gasteiger partial charge in [-0.25, -0.2) is 4.79 Å². The molecule has 0 aliphatic carbocycles. The monoisotopic (exact) mass is 1070 g/mol. The van der Waals surface area contributed by atoms with Crippen molar-refractivity contribution in [3.05, 3.63) is 89.5 Å². The Kier molecular flexibility index (Phi) is 21.3. The van der Waals surface area contributed by atoms with E-state index in [4.69, 9.17) is 9.47 Å². The Morgan fingerprint density at radius 3 is 1.86 bits per heavy atom. The summed E-state index contributed by atoms with van der Waals surface area (Å²) in [4.78, 5) is 130. The van der Waals surface area contributed by atoms with Crippen molar-refractivity contribution < 1.29 is 78.2 Å². The van der Waals surface area contributed by atoms with Crippen LogP contribution in [0.3, 0.4) is 0 Å². The van der Waals surface area contributed by atoms with Crippen molar-refractivity contribution in [3.8, 4) is 17.2 Å². The third-order valence-corrected chi connectivity index (χ3v) is 13.9. The molecule has 23 heteroatoms. The standard InChI is InChI=1S/C54H71N7O16/c1-8-29(4)46(67)51(72)55-37(22-24-43(65)66)47(68)59-45-30(5)77-54(75)44(28(2)3)58-49(70)40(26-32-11-17-35(63)18-12-32)60(6)53(74)41(27-33-13-19-36(76-7)20-14-33)61-42(64)23-21-38(52(61)73)56-48(69)39(57-50(45)71)25-31-9-15-34(62)16-10-31/h9-20,28-30,37-42,44-46,62-64,67H,8,21-27H2,1-7H3,(H,55,72)(H,56,69)(H,57,71)(H,58,70)(H,59,68)(H,65,66)/t29?,30-,37+,38+,39+,40+,41+,42-,44?,45+,46+/m1/s1. The number of aliphatic carboxylic acids is 1. The fourth-order valence-corrected chi connectivity index (χ4v) is 8.95. The predicted molar refractivity (Wildman–Crippen MR) is 275 cm³/mol. The molecule has 2 unspecified atom stereocenters. The lowest BCUT2D eigenvalue weighted by Crippen LogP contribution is -2.65. The summed E-state index contributed by atoms with van der Waals surface area (Å²) < 4.78 is 11.2. The number of piperidine rings is 1. The number of aliphatic hydroxyl groups excluding tert-OH is 2. The highest BCUT2D eigenvalue weighted by Crippen LogP contribution is 2.27. The van der Waals surface area contributed by atoms with Gasteiger partial charge in [-0.3, -0.25) is 38.4 Å². The van der Waals surface area contributed by atoms with Gasteiger partial charge in [-0.05, 0) is 91.1 Å². The SMILES string of the molecule is CCC(C)[C@H](O)C(=O)N[C@@H](CCC(=O)O)C(=O)N[C@@H]1C(=O)N[C@@H](Cc2ccc(O)cc2)C(=O)N[C@H]2CC[C@@H](O)N(C2=O)[C@@H](Cc2ccc(OC)cc2)C(=O)N(C)[C@@H](Cc2ccc(O)cc2)C(=O)NC(C(C)C)C(=O)O[C@@H]1C. The molecular formula is C54H71N7O16. The number of carboxylic acids is 1. The molecule has 0 saturated carbocycles. The highest BCUT2D eigenvalue weighted by molar-refractivity contribution is 5.98. The first-order valence-electron chi connectivity index (χ1n) is 25.5. The molecule has 2 bridgehead atoms. The Balaban J connectivity index is 1.66. The largest absolute Gasteiger partial charge is 0.508 e. The second-order valence-electron chi connectivity index (χ2n) is 19.9. The molecule has 2 heterocycles. The van der Waals surface area contributed by atoms with Crippen molar-refractivity contribution in [1.29, 1.82) is 0 Å². The van der Waals surface area contributed by atoms with E-state index >= 15 is 4.79 Å². The van der Waals surface area contributed by atoms with Crippen LogP contribution in [-0.2, 0) is 67.2 Å². The molecule has 77 heavy (non-hydrogen) atoms. The average molecular weight is 1070 g/mol. The summed E-state index contributed by atoms with van der Waals surface area (Å²) >= 11 is 0. The smallest absolute Gasteiger partial charge is 0.329 e. The van der Waals surface area contributed by atoms with Crippen LogP contribution in [0.5, 0.6) is 17.2 Å². The van der Waals surface area contributed by atoms with Gasteiger partial charge in [-0.15, -0.1) is 0 Å². The first-order valence-corrected chi connectivity index (χ1v) is 25.5. The van der Waals surface area contributed by atoms with Crippen LogP contribution in [0.4, 0.5) is 0 Å². The number of fused-ring (bicyclic) bond motifs is 2. The molecule has 2 aliphatic rings. The fraction of sp³-hybridized carbons (Fsp3) is 0.500. The van der Waals surface area contributed by atoms with E-state index in [1.54, 1.807) is 52.0 Å². The number of hydrogen-bond acceptors (Lipinski definition) is 15. The van der Waals surface area contributed by atoms with Crippen molar-refractivity contribution >= 4 is 53.3 Å². The van der Waals surface area contributed by atoms with Gasteiger partial charge in [-0.2, -0.15) is 0 Å². The van der Waals surface area contributed by atoms with Crippen LogP contribution >= 0.6 is 0 Å². The van der Waals surface area contributed by atoms with Gasteiger partial charge in [0.2, 0.25) is 41.4 Å². The number of likely N-dealkylation sites (N-methyl/N-ethyl adjacent to an activating group) is 1. The fourth-order valence-electron chi connectivity index (χ4n) is 8.95. The molecule has 11 atom stereocenters. The second-order valence-corrected chi connectivity index (χ2v) is 19.9. The van der Waals surface area contributed by atoms with Crippen molar-refractivity contribution in [2.24, 2.45) is 11.8 Å². The maximum absolute atomic E-state index is 15.2. The maximum Gasteiger partial charge on any atom is 0.329 e. The third kappa shape index (κ3) is 16.1. The van der Waals surface area contributed by atoms with Crippen LogP contribution in [0.1, 0.15) is 83.4 Å². The molecule has 0 spiro atoms. The Bertz CT molecular complexity index is 2580. The van der Waals surface area contributed by atoms with Gasteiger partial charge < -0.3 is 71.4 Å². The summed E-state index contributed by atoms with van der Waals surface area (Å²) in [5.41, 5.74) is 1.35. The minimum atomic E-state index is -1.94. The molecule has 0 radical (unpaired) electrons. The minimum absolute atomic E-state index is 0.0885. The van der Waals surface area contributed by atoms with Gasteiger partial charge in [0, 0.05) is 32.7 Å². The molecule has 23 nitrogen and oxygen atoms in total. The first kappa shape index (κ1) is 60.1. The van der Waals surface area contributed by atoms with Crippen LogP contribution < -0.4 is 31.3 Å². The summed E-state index contributed by atoms with van der Waals surface area (Å²) in [6.07, 6.45) is -6.74. The molecule has 7 amide bonds. The maximum atomic E-state index is 15.2. The van der Waals surface area contributed by atoms with E-state index in [0.717, 1.165) is 9.80 Å². The Morgan fingerprint density at radius 2 is 1.31 bits per heavy atom. The molecule has 0 aromatic heterocycles. The van der Waals surface area contributed by atoms with E-state index < -0.39 is 139 Å². The number of nitrogens with zero attached hydrogens (tertiary/aromatic N) is 2. The molecule has 3 aromatic rings. The topological polar surface area (TPSA) is 340 Å². The summed E-state index contributed by atoms with van der Waals surface area (Å²) in [7, 11) is 2.78. The number of aliphatic hydroxyl groups is 2. The van der Waals surface area contributed by atoms with Crippen LogP contribution in [0.25, 0.3) is 0 Å². The number of amides is 7. The van der Waals surface area contributed by atoms with Gasteiger partial charge >= 0.3 is 11.9 Å². The number of ether oxygens (including phenoxy) is 2. The number of carbonyl (C=O) groups excluding carboxylic acids is 8. The number of phenolic OH excluding ortho intramolecular Hbond substituents is 2. The van der Waals surface area contributed by atoms with Crippen molar-refractivity contribution in [3.63, 3.8) is 0 Å². The Hall–Kier alpha value is -7.79. The van der Waals surface area contributed by atoms with Gasteiger partial charge in [0.1, 0.15) is 78.0 Å². The predicted octanol–water partition coefficient (Wildman–Crippen LogP) is 0.568. The highest BCUT2D eigenvalue weighted by Gasteiger charge is 2.46. The molecule has 418 valence electrons. The third-order valence-electron chi connectivity index (χ3n) is 13.9. The number of phenols is 2. The quantitative estimate of drug-likeness (QED) is 0.0826. The minimum Gasteiger partial charge on any atom is -0.508 e. The van der Waals surface area contributed by atoms with Gasteiger partial charge in [0.15, 0.2) is 0 Å². The van der Waals surface area contributed by atoms with Crippen LogP contribution in [-0.4, -0.2) is 164 Å². The van der Waals surface area contributed by atoms with Crippen molar-refractivity contribution in [2.75, 3.05) is 14.2 Å². The summed E-state index contributed by atoms with van der Waals surface area (Å²) in [5, 5.41) is 64.8. The zero-order valence-corrected chi connectivity index (χ0v) is 44.1. The van der Waals surface area contributed by atoms with Crippen LogP contribution in [0.2, 0.25) is 0 Å². The lowest BCUT2D eigenvalue weighted by molar-refractivity contribution is -0.165. The van der Waals surface area contributed by atoms with E-state index in [-0.39, 0.29) is 43.6 Å². The number of methoxy groups -OCH3 is 1. The van der Waals surface area contributed by atoms with Gasteiger partial charge in [-0.1, -0.05) is 70.5 Å². The molecular weight excluding hydrogens is 1000 g/mol. The molecule has 2 aliphatic heterocycles. The highest BCUT2D eigenvalue weighted by atomic mass is 16.5. The normalized spacial score (nSPS) is 24.1. The van der Waals surface area contributed by atoms with E-state index in [9.17, 15) is 63.9 Å². The van der Waals surface area contributed by atoms with Crippen molar-refractivity contribution in [2.45, 2.75) is 147 Å². The molecule has 2 saturated heterocycles. The van der Waals surface area contributed by atoms with E-state index in [2.05, 4.69) is 26.6 Å². The number of rotatable bonds is 17. The zero-order valence-electron chi connectivity index (χ0n) is 44.1. The number of nitrogens with one attached hydrogen (secondary N) is 5. The number of esters is 1. The summed E-state index contributed by atoms with van der Waals surface area (Å²) in [6.45, 7) is 7.66. The van der Waals surface area contributed by atoms with Crippen LogP contribution in [0.15, 0.2) is 72.8 Å². The second kappa shape index (κ2) is 27.3. The van der Waals surface area contributed by atoms with E-state index in [0.29, 0.717) is 28.9 Å².